The predicted octanol–water partition coefficient (Wildman–Crippen LogP) is 3.92. The van der Waals surface area contributed by atoms with E-state index in [-0.39, 0.29) is 5.78 Å². The van der Waals surface area contributed by atoms with Crippen LogP contribution in [0.2, 0.25) is 5.02 Å². The summed E-state index contributed by atoms with van der Waals surface area (Å²) >= 11 is 7.99. The van der Waals surface area contributed by atoms with Crippen molar-refractivity contribution in [3.05, 3.63) is 56.0 Å². The Morgan fingerprint density at radius 3 is 2.89 bits per heavy atom. The average Bonchev–Trinajstić information content (AvgIpc) is 2.80. The molecule has 0 bridgehead atoms. The molecular weight excluding hydrogens is 366 g/mol. The predicted molar refractivity (Wildman–Crippen MR) is 77.0 cm³/mol. The SMILES string of the molecule is COCc1ccc(C(=O)c2cc(Cl)ccc2I)o1. The second kappa shape index (κ2) is 5.86. The summed E-state index contributed by atoms with van der Waals surface area (Å²) < 4.78 is 11.2. The van der Waals surface area contributed by atoms with Crippen LogP contribution in [0.1, 0.15) is 21.9 Å². The van der Waals surface area contributed by atoms with E-state index in [1.807, 2.05) is 0 Å². The normalized spacial score (nSPS) is 10.6. The molecule has 94 valence electrons. The molecule has 5 heteroatoms. The minimum atomic E-state index is -0.177. The van der Waals surface area contributed by atoms with Crippen LogP contribution < -0.4 is 0 Å². The number of hydrogen-bond acceptors (Lipinski definition) is 3. The summed E-state index contributed by atoms with van der Waals surface area (Å²) in [5.74, 6) is 0.740. The van der Waals surface area contributed by atoms with Gasteiger partial charge < -0.3 is 9.15 Å². The molecule has 3 nitrogen and oxygen atoms in total. The number of benzene rings is 1. The maximum atomic E-state index is 12.2. The first-order valence-electron chi connectivity index (χ1n) is 5.19. The van der Waals surface area contributed by atoms with Crippen LogP contribution in [0, 0.1) is 3.57 Å². The fraction of sp³-hybridized carbons (Fsp3) is 0.154. The molecular formula is C13H10ClIO3. The molecule has 0 atom stereocenters. The van der Waals surface area contributed by atoms with E-state index in [2.05, 4.69) is 22.6 Å². The van der Waals surface area contributed by atoms with Crippen LogP contribution >= 0.6 is 34.2 Å². The Balaban J connectivity index is 2.32. The van der Waals surface area contributed by atoms with Crippen LogP contribution in [0.3, 0.4) is 0 Å². The molecule has 0 radical (unpaired) electrons. The molecule has 1 aromatic carbocycles. The van der Waals surface area contributed by atoms with Gasteiger partial charge in [0.25, 0.3) is 0 Å². The highest BCUT2D eigenvalue weighted by atomic mass is 127. The second-order valence-electron chi connectivity index (χ2n) is 3.65. The number of hydrogen-bond donors (Lipinski definition) is 0. The van der Waals surface area contributed by atoms with Gasteiger partial charge in [-0.2, -0.15) is 0 Å². The monoisotopic (exact) mass is 376 g/mol. The van der Waals surface area contributed by atoms with E-state index in [0.717, 1.165) is 3.57 Å². The van der Waals surface area contributed by atoms with Crippen LogP contribution in [-0.2, 0) is 11.3 Å². The van der Waals surface area contributed by atoms with Crippen molar-refractivity contribution in [2.24, 2.45) is 0 Å². The third-order valence-corrected chi connectivity index (χ3v) is 3.52. The largest absolute Gasteiger partial charge is 0.455 e. The quantitative estimate of drug-likeness (QED) is 0.600. The van der Waals surface area contributed by atoms with Crippen LogP contribution in [-0.4, -0.2) is 12.9 Å². The molecule has 18 heavy (non-hydrogen) atoms. The van der Waals surface area contributed by atoms with Crippen molar-refractivity contribution >= 4 is 40.0 Å². The van der Waals surface area contributed by atoms with Crippen LogP contribution in [0.25, 0.3) is 0 Å². The van der Waals surface area contributed by atoms with Gasteiger partial charge in [0.2, 0.25) is 5.78 Å². The highest BCUT2D eigenvalue weighted by Crippen LogP contribution is 2.22. The van der Waals surface area contributed by atoms with E-state index in [1.165, 1.54) is 0 Å². The zero-order valence-corrected chi connectivity index (χ0v) is 12.5. The zero-order valence-electron chi connectivity index (χ0n) is 9.57. The number of rotatable bonds is 4. The summed E-state index contributed by atoms with van der Waals surface area (Å²) in [4.78, 5) is 12.2. The summed E-state index contributed by atoms with van der Waals surface area (Å²) in [6.45, 7) is 0.347. The Bertz CT molecular complexity index is 577. The molecule has 0 spiro atoms. The van der Waals surface area contributed by atoms with E-state index >= 15 is 0 Å². The number of furan rings is 1. The Hall–Kier alpha value is -0.850. The first-order valence-corrected chi connectivity index (χ1v) is 6.65. The number of carbonyl (C=O) groups is 1. The van der Waals surface area contributed by atoms with E-state index in [0.29, 0.717) is 28.7 Å². The molecule has 0 aliphatic heterocycles. The van der Waals surface area contributed by atoms with Gasteiger partial charge in [0, 0.05) is 21.3 Å². The third-order valence-electron chi connectivity index (χ3n) is 2.35. The second-order valence-corrected chi connectivity index (χ2v) is 5.25. The standard InChI is InChI=1S/C13H10ClIO3/c1-17-7-9-3-5-12(18-9)13(16)10-6-8(14)2-4-11(10)15/h2-6H,7H2,1H3. The maximum Gasteiger partial charge on any atom is 0.229 e. The Morgan fingerprint density at radius 1 is 1.39 bits per heavy atom. The van der Waals surface area contributed by atoms with Crippen molar-refractivity contribution in [1.29, 1.82) is 0 Å². The van der Waals surface area contributed by atoms with Gasteiger partial charge in [0.15, 0.2) is 5.76 Å². The lowest BCUT2D eigenvalue weighted by atomic mass is 10.1. The van der Waals surface area contributed by atoms with E-state index in [1.54, 1.807) is 37.4 Å². The van der Waals surface area contributed by atoms with E-state index in [4.69, 9.17) is 20.8 Å². The fourth-order valence-electron chi connectivity index (χ4n) is 1.52. The number of methoxy groups -OCH3 is 1. The van der Waals surface area contributed by atoms with E-state index < -0.39 is 0 Å². The lowest BCUT2D eigenvalue weighted by molar-refractivity contribution is 0.0999. The van der Waals surface area contributed by atoms with Gasteiger partial charge >= 0.3 is 0 Å². The fourth-order valence-corrected chi connectivity index (χ4v) is 2.28. The first-order chi connectivity index (χ1) is 8.61. The van der Waals surface area contributed by atoms with Crippen LogP contribution in [0.4, 0.5) is 0 Å². The van der Waals surface area contributed by atoms with Gasteiger partial charge in [-0.25, -0.2) is 0 Å². The highest BCUT2D eigenvalue weighted by molar-refractivity contribution is 14.1. The van der Waals surface area contributed by atoms with Crippen molar-refractivity contribution in [2.75, 3.05) is 7.11 Å². The highest BCUT2D eigenvalue weighted by Gasteiger charge is 2.16. The molecule has 0 saturated heterocycles. The van der Waals surface area contributed by atoms with Crippen molar-refractivity contribution in [3.63, 3.8) is 0 Å². The molecule has 2 rings (SSSR count). The van der Waals surface area contributed by atoms with Crippen LogP contribution in [0.15, 0.2) is 34.7 Å². The lowest BCUT2D eigenvalue weighted by Crippen LogP contribution is -2.02. The van der Waals surface area contributed by atoms with Crippen LogP contribution in [0.5, 0.6) is 0 Å². The smallest absolute Gasteiger partial charge is 0.229 e. The Kier molecular flexibility index (Phi) is 4.42. The average molecular weight is 377 g/mol. The third kappa shape index (κ3) is 2.93. The molecule has 1 heterocycles. The first kappa shape index (κ1) is 13.6. The number of carbonyl (C=O) groups excluding carboxylic acids is 1. The van der Waals surface area contributed by atoms with Crippen molar-refractivity contribution < 1.29 is 13.9 Å². The molecule has 0 unspecified atom stereocenters. The Morgan fingerprint density at radius 2 is 2.17 bits per heavy atom. The molecule has 0 N–H and O–H groups in total. The maximum absolute atomic E-state index is 12.2. The van der Waals surface area contributed by atoms with E-state index in [9.17, 15) is 4.79 Å². The number of halogens is 2. The van der Waals surface area contributed by atoms with Crippen molar-refractivity contribution in [1.82, 2.24) is 0 Å². The van der Waals surface area contributed by atoms with Gasteiger partial charge in [-0.3, -0.25) is 4.79 Å². The zero-order chi connectivity index (χ0) is 13.1. The molecule has 0 aliphatic carbocycles. The van der Waals surface area contributed by atoms with Gasteiger partial charge in [-0.05, 0) is 52.9 Å². The summed E-state index contributed by atoms with van der Waals surface area (Å²) in [5, 5.41) is 0.530. The van der Waals surface area contributed by atoms with Gasteiger partial charge in [-0.15, -0.1) is 0 Å². The summed E-state index contributed by atoms with van der Waals surface area (Å²) in [7, 11) is 1.57. The Labute approximate surface area is 123 Å². The number of ether oxygens (including phenoxy) is 1. The van der Waals surface area contributed by atoms with Gasteiger partial charge in [0.05, 0.1) is 0 Å². The van der Waals surface area contributed by atoms with Gasteiger partial charge in [0.1, 0.15) is 12.4 Å². The molecule has 1 aromatic heterocycles. The summed E-state index contributed by atoms with van der Waals surface area (Å²) in [6.07, 6.45) is 0. The minimum Gasteiger partial charge on any atom is -0.455 e. The molecule has 0 aliphatic rings. The molecule has 2 aromatic rings. The minimum absolute atomic E-state index is 0.177. The number of ketones is 1. The van der Waals surface area contributed by atoms with Crippen molar-refractivity contribution in [2.45, 2.75) is 6.61 Å². The summed E-state index contributed by atoms with van der Waals surface area (Å²) in [6, 6.07) is 8.57. The lowest BCUT2D eigenvalue weighted by Gasteiger charge is -2.02. The summed E-state index contributed by atoms with van der Waals surface area (Å²) in [5.41, 5.74) is 0.543. The topological polar surface area (TPSA) is 39.4 Å². The van der Waals surface area contributed by atoms with Gasteiger partial charge in [-0.1, -0.05) is 11.6 Å². The molecule has 0 amide bonds. The molecule has 0 saturated carbocycles. The van der Waals surface area contributed by atoms with Crippen molar-refractivity contribution in [3.8, 4) is 0 Å². The molecule has 0 fully saturated rings.